The summed E-state index contributed by atoms with van der Waals surface area (Å²) in [5, 5.41) is 0. The lowest BCUT2D eigenvalue weighted by Crippen LogP contribution is -2.27. The standard InChI is InChI=1S/C14H20N2S/c1-4-8-16(5-2)11(3)12-6-7-14-13(9-12)15-10-17-14/h6-7,9-11H,4-5,8H2,1-3H3. The van der Waals surface area contributed by atoms with Gasteiger partial charge in [-0.2, -0.15) is 0 Å². The first-order valence-electron chi connectivity index (χ1n) is 6.33. The number of rotatable bonds is 5. The van der Waals surface area contributed by atoms with E-state index in [9.17, 15) is 0 Å². The van der Waals surface area contributed by atoms with Gasteiger partial charge in [0.05, 0.1) is 15.7 Å². The fourth-order valence-electron chi connectivity index (χ4n) is 2.26. The van der Waals surface area contributed by atoms with E-state index >= 15 is 0 Å². The minimum Gasteiger partial charge on any atom is -0.297 e. The van der Waals surface area contributed by atoms with E-state index in [1.807, 2.05) is 5.51 Å². The molecular formula is C14H20N2S. The van der Waals surface area contributed by atoms with E-state index in [4.69, 9.17) is 0 Å². The average Bonchev–Trinajstić information content (AvgIpc) is 2.82. The highest BCUT2D eigenvalue weighted by Gasteiger charge is 2.13. The maximum atomic E-state index is 4.39. The van der Waals surface area contributed by atoms with Crippen LogP contribution in [0.4, 0.5) is 0 Å². The van der Waals surface area contributed by atoms with Crippen molar-refractivity contribution in [3.8, 4) is 0 Å². The van der Waals surface area contributed by atoms with E-state index in [2.05, 4.69) is 48.9 Å². The number of nitrogens with zero attached hydrogens (tertiary/aromatic N) is 2. The monoisotopic (exact) mass is 248 g/mol. The van der Waals surface area contributed by atoms with Crippen LogP contribution < -0.4 is 0 Å². The summed E-state index contributed by atoms with van der Waals surface area (Å²) < 4.78 is 1.28. The Morgan fingerprint density at radius 1 is 1.35 bits per heavy atom. The van der Waals surface area contributed by atoms with Crippen molar-refractivity contribution in [3.05, 3.63) is 29.3 Å². The predicted octanol–water partition coefficient (Wildman–Crippen LogP) is 4.09. The van der Waals surface area contributed by atoms with E-state index in [0.29, 0.717) is 6.04 Å². The lowest BCUT2D eigenvalue weighted by molar-refractivity contribution is 0.222. The van der Waals surface area contributed by atoms with Crippen molar-refractivity contribution in [2.24, 2.45) is 0 Å². The molecule has 0 radical (unpaired) electrons. The van der Waals surface area contributed by atoms with Crippen molar-refractivity contribution in [2.45, 2.75) is 33.2 Å². The van der Waals surface area contributed by atoms with Crippen LogP contribution in [-0.2, 0) is 0 Å². The molecule has 0 saturated heterocycles. The summed E-state index contributed by atoms with van der Waals surface area (Å²) in [4.78, 5) is 6.90. The molecular weight excluding hydrogens is 228 g/mol. The Labute approximate surface area is 107 Å². The van der Waals surface area contributed by atoms with Gasteiger partial charge in [-0.05, 0) is 44.1 Å². The molecule has 0 spiro atoms. The second-order valence-corrected chi connectivity index (χ2v) is 5.27. The summed E-state index contributed by atoms with van der Waals surface area (Å²) in [5.41, 5.74) is 4.42. The zero-order valence-corrected chi connectivity index (χ0v) is 11.6. The molecule has 0 fully saturated rings. The fourth-order valence-corrected chi connectivity index (χ4v) is 2.92. The average molecular weight is 248 g/mol. The lowest BCUT2D eigenvalue weighted by Gasteiger charge is -2.27. The Hall–Kier alpha value is -0.930. The minimum absolute atomic E-state index is 0.478. The third-order valence-corrected chi connectivity index (χ3v) is 4.11. The Bertz CT molecular complexity index is 478. The molecule has 3 heteroatoms. The first-order valence-corrected chi connectivity index (χ1v) is 7.21. The zero-order chi connectivity index (χ0) is 12.3. The van der Waals surface area contributed by atoms with Crippen molar-refractivity contribution < 1.29 is 0 Å². The molecule has 92 valence electrons. The van der Waals surface area contributed by atoms with Crippen LogP contribution in [-0.4, -0.2) is 23.0 Å². The largest absolute Gasteiger partial charge is 0.297 e. The van der Waals surface area contributed by atoms with Crippen LogP contribution in [0, 0.1) is 0 Å². The summed E-state index contributed by atoms with van der Waals surface area (Å²) >= 11 is 1.71. The molecule has 2 aromatic rings. The van der Waals surface area contributed by atoms with Crippen molar-refractivity contribution in [1.29, 1.82) is 0 Å². The number of hydrogen-bond acceptors (Lipinski definition) is 3. The summed E-state index contributed by atoms with van der Waals surface area (Å²) in [6, 6.07) is 7.14. The molecule has 0 aliphatic rings. The molecule has 0 aliphatic heterocycles. The molecule has 1 unspecified atom stereocenters. The molecule has 1 aromatic carbocycles. The van der Waals surface area contributed by atoms with Gasteiger partial charge in [0, 0.05) is 6.04 Å². The van der Waals surface area contributed by atoms with Crippen LogP contribution in [0.25, 0.3) is 10.2 Å². The number of fused-ring (bicyclic) bond motifs is 1. The molecule has 2 nitrogen and oxygen atoms in total. The van der Waals surface area contributed by atoms with Crippen molar-refractivity contribution in [2.75, 3.05) is 13.1 Å². The Balaban J connectivity index is 2.24. The van der Waals surface area contributed by atoms with Crippen molar-refractivity contribution in [1.82, 2.24) is 9.88 Å². The van der Waals surface area contributed by atoms with Crippen molar-refractivity contribution in [3.63, 3.8) is 0 Å². The van der Waals surface area contributed by atoms with Crippen LogP contribution >= 0.6 is 11.3 Å². The summed E-state index contributed by atoms with van der Waals surface area (Å²) in [7, 11) is 0. The van der Waals surface area contributed by atoms with Gasteiger partial charge in [-0.15, -0.1) is 11.3 Å². The molecule has 0 amide bonds. The molecule has 1 heterocycles. The Kier molecular flexibility index (Phi) is 4.13. The lowest BCUT2D eigenvalue weighted by atomic mass is 10.1. The van der Waals surface area contributed by atoms with Gasteiger partial charge in [0.2, 0.25) is 0 Å². The number of thiazole rings is 1. The SMILES string of the molecule is CCCN(CC)C(C)c1ccc2scnc2c1. The molecule has 0 saturated carbocycles. The number of aromatic nitrogens is 1. The maximum absolute atomic E-state index is 4.39. The molecule has 0 bridgehead atoms. The molecule has 17 heavy (non-hydrogen) atoms. The van der Waals surface area contributed by atoms with Gasteiger partial charge in [0.1, 0.15) is 0 Å². The highest BCUT2D eigenvalue weighted by molar-refractivity contribution is 7.16. The second-order valence-electron chi connectivity index (χ2n) is 4.38. The Morgan fingerprint density at radius 2 is 2.18 bits per heavy atom. The van der Waals surface area contributed by atoms with E-state index in [-0.39, 0.29) is 0 Å². The predicted molar refractivity (Wildman–Crippen MR) is 75.6 cm³/mol. The molecule has 1 atom stereocenters. The summed E-state index contributed by atoms with van der Waals surface area (Å²) in [5.74, 6) is 0. The van der Waals surface area contributed by atoms with Gasteiger partial charge < -0.3 is 0 Å². The second kappa shape index (κ2) is 5.61. The van der Waals surface area contributed by atoms with Gasteiger partial charge in [0.25, 0.3) is 0 Å². The van der Waals surface area contributed by atoms with Crippen molar-refractivity contribution >= 4 is 21.6 Å². The first-order chi connectivity index (χ1) is 8.26. The van der Waals surface area contributed by atoms with E-state index in [1.165, 1.54) is 16.7 Å². The normalized spacial score (nSPS) is 13.4. The van der Waals surface area contributed by atoms with E-state index in [0.717, 1.165) is 18.6 Å². The molecule has 2 rings (SSSR count). The number of hydrogen-bond donors (Lipinski definition) is 0. The van der Waals surface area contributed by atoms with Gasteiger partial charge in [0.15, 0.2) is 0 Å². The van der Waals surface area contributed by atoms with Gasteiger partial charge in [-0.1, -0.05) is 19.9 Å². The molecule has 0 N–H and O–H groups in total. The summed E-state index contributed by atoms with van der Waals surface area (Å²) in [6.07, 6.45) is 1.21. The third kappa shape index (κ3) is 2.67. The third-order valence-electron chi connectivity index (χ3n) is 3.30. The Morgan fingerprint density at radius 3 is 2.88 bits per heavy atom. The minimum atomic E-state index is 0.478. The first kappa shape index (κ1) is 12.5. The van der Waals surface area contributed by atoms with Crippen LogP contribution in [0.15, 0.2) is 23.7 Å². The quantitative estimate of drug-likeness (QED) is 0.792. The smallest absolute Gasteiger partial charge is 0.0815 e. The zero-order valence-electron chi connectivity index (χ0n) is 10.8. The van der Waals surface area contributed by atoms with Crippen LogP contribution in [0.1, 0.15) is 38.8 Å². The van der Waals surface area contributed by atoms with Crippen LogP contribution in [0.5, 0.6) is 0 Å². The summed E-state index contributed by atoms with van der Waals surface area (Å²) in [6.45, 7) is 9.01. The topological polar surface area (TPSA) is 16.1 Å². The van der Waals surface area contributed by atoms with Gasteiger partial charge in [-0.25, -0.2) is 4.98 Å². The van der Waals surface area contributed by atoms with Crippen LogP contribution in [0.3, 0.4) is 0 Å². The molecule has 0 aliphatic carbocycles. The highest BCUT2D eigenvalue weighted by atomic mass is 32.1. The van der Waals surface area contributed by atoms with E-state index < -0.39 is 0 Å². The van der Waals surface area contributed by atoms with Crippen LogP contribution in [0.2, 0.25) is 0 Å². The van der Waals surface area contributed by atoms with Gasteiger partial charge >= 0.3 is 0 Å². The fraction of sp³-hybridized carbons (Fsp3) is 0.500. The highest BCUT2D eigenvalue weighted by Crippen LogP contribution is 2.25. The maximum Gasteiger partial charge on any atom is 0.0815 e. The molecule has 1 aromatic heterocycles. The number of benzene rings is 1. The van der Waals surface area contributed by atoms with E-state index in [1.54, 1.807) is 11.3 Å². The van der Waals surface area contributed by atoms with Gasteiger partial charge in [-0.3, -0.25) is 4.90 Å².